The fraction of sp³-hybridized carbons (Fsp3) is 0.364. The number of para-hydroxylation sites is 1. The molecule has 1 aromatic heterocycles. The van der Waals surface area contributed by atoms with Gasteiger partial charge in [0.15, 0.2) is 0 Å². The van der Waals surface area contributed by atoms with Gasteiger partial charge in [0.1, 0.15) is 5.58 Å². The van der Waals surface area contributed by atoms with Crippen LogP contribution in [0.2, 0.25) is 0 Å². The van der Waals surface area contributed by atoms with Gasteiger partial charge >= 0.3 is 0 Å². The first-order valence-electron chi connectivity index (χ1n) is 9.30. The minimum absolute atomic E-state index is 0.542. The SMILES string of the molecule is OC1(CSc2ccccc2)CCN(CCc2coc3ccccc23)CC1. The van der Waals surface area contributed by atoms with Crippen LogP contribution >= 0.6 is 11.8 Å². The lowest BCUT2D eigenvalue weighted by Crippen LogP contribution is -2.46. The molecule has 4 heteroatoms. The molecule has 0 saturated carbocycles. The van der Waals surface area contributed by atoms with Crippen LogP contribution in [0.5, 0.6) is 0 Å². The number of fused-ring (bicyclic) bond motifs is 1. The summed E-state index contributed by atoms with van der Waals surface area (Å²) in [4.78, 5) is 3.69. The average Bonchev–Trinajstić information content (AvgIpc) is 3.10. The zero-order chi connectivity index (χ0) is 17.8. The van der Waals surface area contributed by atoms with Gasteiger partial charge in [-0.3, -0.25) is 0 Å². The van der Waals surface area contributed by atoms with Crippen molar-refractivity contribution >= 4 is 22.7 Å². The number of hydrogen-bond donors (Lipinski definition) is 1. The number of furan rings is 1. The van der Waals surface area contributed by atoms with Crippen LogP contribution in [-0.4, -0.2) is 41.0 Å². The molecule has 4 rings (SSSR count). The number of likely N-dealkylation sites (tertiary alicyclic amines) is 1. The highest BCUT2D eigenvalue weighted by atomic mass is 32.2. The Morgan fingerprint density at radius 3 is 2.54 bits per heavy atom. The van der Waals surface area contributed by atoms with E-state index in [1.165, 1.54) is 15.8 Å². The molecule has 0 unspecified atom stereocenters. The minimum Gasteiger partial charge on any atom is -0.464 e. The van der Waals surface area contributed by atoms with Crippen molar-refractivity contribution in [3.8, 4) is 0 Å². The Morgan fingerprint density at radius 2 is 1.73 bits per heavy atom. The molecule has 1 fully saturated rings. The number of piperidine rings is 1. The normalized spacial score (nSPS) is 17.6. The summed E-state index contributed by atoms with van der Waals surface area (Å²) in [6.45, 7) is 2.94. The summed E-state index contributed by atoms with van der Waals surface area (Å²) in [5.41, 5.74) is 1.70. The summed E-state index contributed by atoms with van der Waals surface area (Å²) >= 11 is 1.76. The van der Waals surface area contributed by atoms with Gasteiger partial charge < -0.3 is 14.4 Å². The fourth-order valence-corrected chi connectivity index (χ4v) is 4.65. The first kappa shape index (κ1) is 17.7. The first-order chi connectivity index (χ1) is 12.7. The van der Waals surface area contributed by atoms with E-state index in [-0.39, 0.29) is 0 Å². The van der Waals surface area contributed by atoms with E-state index in [9.17, 15) is 5.11 Å². The van der Waals surface area contributed by atoms with Crippen molar-refractivity contribution < 1.29 is 9.52 Å². The highest BCUT2D eigenvalue weighted by molar-refractivity contribution is 7.99. The number of rotatable bonds is 6. The summed E-state index contributed by atoms with van der Waals surface area (Å²) < 4.78 is 5.63. The van der Waals surface area contributed by atoms with Crippen LogP contribution in [0.4, 0.5) is 0 Å². The largest absolute Gasteiger partial charge is 0.464 e. The van der Waals surface area contributed by atoms with Gasteiger partial charge in [0.2, 0.25) is 0 Å². The van der Waals surface area contributed by atoms with Crippen molar-refractivity contribution in [2.45, 2.75) is 29.8 Å². The van der Waals surface area contributed by atoms with Gasteiger partial charge in [0.25, 0.3) is 0 Å². The summed E-state index contributed by atoms with van der Waals surface area (Å²) in [5.74, 6) is 0.775. The van der Waals surface area contributed by atoms with Gasteiger partial charge in [0.05, 0.1) is 11.9 Å². The Morgan fingerprint density at radius 1 is 1.00 bits per heavy atom. The van der Waals surface area contributed by atoms with Crippen LogP contribution in [0.25, 0.3) is 11.0 Å². The fourth-order valence-electron chi connectivity index (χ4n) is 3.58. The minimum atomic E-state index is -0.542. The predicted molar refractivity (Wildman–Crippen MR) is 108 cm³/mol. The maximum atomic E-state index is 10.9. The van der Waals surface area contributed by atoms with E-state index in [4.69, 9.17) is 4.42 Å². The van der Waals surface area contributed by atoms with Crippen molar-refractivity contribution in [2.24, 2.45) is 0 Å². The summed E-state index contributed by atoms with van der Waals surface area (Å²) in [6.07, 6.45) is 4.58. The highest BCUT2D eigenvalue weighted by Crippen LogP contribution is 2.30. The monoisotopic (exact) mass is 367 g/mol. The van der Waals surface area contributed by atoms with Gasteiger partial charge in [-0.1, -0.05) is 36.4 Å². The molecule has 3 aromatic rings. The molecule has 1 N–H and O–H groups in total. The second-order valence-electron chi connectivity index (χ2n) is 7.17. The number of aliphatic hydroxyl groups is 1. The van der Waals surface area contributed by atoms with E-state index in [0.717, 1.165) is 50.2 Å². The van der Waals surface area contributed by atoms with Gasteiger partial charge in [-0.05, 0) is 43.0 Å². The second-order valence-corrected chi connectivity index (χ2v) is 8.22. The van der Waals surface area contributed by atoms with Crippen LogP contribution in [0.3, 0.4) is 0 Å². The lowest BCUT2D eigenvalue weighted by Gasteiger charge is -2.38. The van der Waals surface area contributed by atoms with Crippen molar-refractivity contribution in [3.63, 3.8) is 0 Å². The Kier molecular flexibility index (Phi) is 5.34. The summed E-state index contributed by atoms with van der Waals surface area (Å²) in [5, 5.41) is 12.1. The van der Waals surface area contributed by atoms with Gasteiger partial charge in [-0.15, -0.1) is 11.8 Å². The van der Waals surface area contributed by atoms with E-state index < -0.39 is 5.60 Å². The van der Waals surface area contributed by atoms with Crippen LogP contribution in [-0.2, 0) is 6.42 Å². The number of benzene rings is 2. The summed E-state index contributed by atoms with van der Waals surface area (Å²) in [7, 11) is 0. The zero-order valence-electron chi connectivity index (χ0n) is 14.9. The first-order valence-corrected chi connectivity index (χ1v) is 10.3. The van der Waals surface area contributed by atoms with E-state index in [2.05, 4.69) is 41.3 Å². The van der Waals surface area contributed by atoms with Crippen molar-refractivity contribution in [1.29, 1.82) is 0 Å². The van der Waals surface area contributed by atoms with Crippen LogP contribution in [0, 0.1) is 0 Å². The molecule has 1 aliphatic heterocycles. The lowest BCUT2D eigenvalue weighted by molar-refractivity contribution is -0.000813. The standard InChI is InChI=1S/C22H25NO2S/c24-22(17-26-19-6-2-1-3-7-19)11-14-23(15-12-22)13-10-18-16-25-21-9-5-4-8-20(18)21/h1-9,16,24H,10-15,17H2. The van der Waals surface area contributed by atoms with E-state index in [1.807, 2.05) is 24.5 Å². The van der Waals surface area contributed by atoms with Crippen molar-refractivity contribution in [3.05, 3.63) is 66.4 Å². The Bertz CT molecular complexity index is 837. The van der Waals surface area contributed by atoms with Gasteiger partial charge in [0, 0.05) is 35.7 Å². The average molecular weight is 368 g/mol. The number of nitrogens with zero attached hydrogens (tertiary/aromatic N) is 1. The Labute approximate surface area is 159 Å². The third kappa shape index (κ3) is 4.14. The second kappa shape index (κ2) is 7.87. The maximum absolute atomic E-state index is 10.9. The molecule has 26 heavy (non-hydrogen) atoms. The molecule has 0 bridgehead atoms. The molecule has 0 aliphatic carbocycles. The Hall–Kier alpha value is -1.75. The van der Waals surface area contributed by atoms with Crippen molar-refractivity contribution in [1.82, 2.24) is 4.90 Å². The van der Waals surface area contributed by atoms with Crippen LogP contribution in [0.1, 0.15) is 18.4 Å². The van der Waals surface area contributed by atoms with Gasteiger partial charge in [-0.2, -0.15) is 0 Å². The molecule has 2 heterocycles. The third-order valence-corrected chi connectivity index (χ3v) is 6.58. The quantitative estimate of drug-likeness (QED) is 0.646. The molecule has 3 nitrogen and oxygen atoms in total. The molecule has 1 saturated heterocycles. The van der Waals surface area contributed by atoms with Crippen molar-refractivity contribution in [2.75, 3.05) is 25.4 Å². The number of thioether (sulfide) groups is 1. The molecule has 0 atom stereocenters. The number of hydrogen-bond acceptors (Lipinski definition) is 4. The molecule has 0 radical (unpaired) electrons. The molecule has 2 aromatic carbocycles. The molecule has 136 valence electrons. The Balaban J connectivity index is 1.27. The summed E-state index contributed by atoms with van der Waals surface area (Å²) in [6, 6.07) is 18.6. The van der Waals surface area contributed by atoms with Gasteiger partial charge in [-0.25, -0.2) is 0 Å². The maximum Gasteiger partial charge on any atom is 0.134 e. The van der Waals surface area contributed by atoms with E-state index in [1.54, 1.807) is 11.8 Å². The lowest BCUT2D eigenvalue weighted by atomic mass is 9.93. The highest BCUT2D eigenvalue weighted by Gasteiger charge is 2.32. The van der Waals surface area contributed by atoms with Crippen LogP contribution in [0.15, 0.2) is 70.2 Å². The van der Waals surface area contributed by atoms with E-state index >= 15 is 0 Å². The van der Waals surface area contributed by atoms with E-state index in [0.29, 0.717) is 0 Å². The zero-order valence-corrected chi connectivity index (χ0v) is 15.8. The third-order valence-electron chi connectivity index (χ3n) is 5.30. The van der Waals surface area contributed by atoms with Crippen LogP contribution < -0.4 is 0 Å². The molecular formula is C22H25NO2S. The molecular weight excluding hydrogens is 342 g/mol. The smallest absolute Gasteiger partial charge is 0.134 e. The topological polar surface area (TPSA) is 36.6 Å². The molecule has 0 spiro atoms. The molecule has 0 amide bonds. The molecule has 1 aliphatic rings. The predicted octanol–water partition coefficient (Wildman–Crippen LogP) is 4.59.